The van der Waals surface area contributed by atoms with Crippen LogP contribution in [0.25, 0.3) is 17.0 Å². The molecule has 0 bridgehead atoms. The molecule has 0 unspecified atom stereocenters. The maximum absolute atomic E-state index is 12.6. The molecule has 0 saturated carbocycles. The van der Waals surface area contributed by atoms with E-state index in [1.54, 1.807) is 18.2 Å². The second kappa shape index (κ2) is 9.62. The topological polar surface area (TPSA) is 91.2 Å². The van der Waals surface area contributed by atoms with Crippen LogP contribution in [0.5, 0.6) is 0 Å². The highest BCUT2D eigenvalue weighted by Crippen LogP contribution is 2.23. The van der Waals surface area contributed by atoms with Crippen LogP contribution in [-0.4, -0.2) is 41.3 Å². The predicted molar refractivity (Wildman–Crippen MR) is 125 cm³/mol. The fraction of sp³-hybridized carbons (Fsp3) is 0.280. The Hall–Kier alpha value is -3.38. The summed E-state index contributed by atoms with van der Waals surface area (Å²) in [7, 11) is 0. The highest BCUT2D eigenvalue weighted by atomic mass is 16.1. The molecule has 2 amide bonds. The number of H-pyrrole nitrogens is 1. The molecular formula is C25H28N4O2. The molecule has 6 heteroatoms. The predicted octanol–water partition coefficient (Wildman–Crippen LogP) is 3.95. The number of para-hydroxylation sites is 1. The number of benzene rings is 2. The van der Waals surface area contributed by atoms with E-state index in [-0.39, 0.29) is 5.91 Å². The first-order chi connectivity index (χ1) is 15.1. The molecule has 0 spiro atoms. The molecule has 1 aromatic heterocycles. The van der Waals surface area contributed by atoms with E-state index in [2.05, 4.69) is 15.2 Å². The number of likely N-dealkylation sites (tertiary alicyclic amines) is 1. The first-order valence-corrected chi connectivity index (χ1v) is 10.8. The molecule has 1 aliphatic heterocycles. The second-order valence-electron chi connectivity index (χ2n) is 7.96. The molecule has 3 aromatic rings. The third-order valence-corrected chi connectivity index (χ3v) is 5.86. The molecule has 1 saturated heterocycles. The number of fused-ring (bicyclic) bond motifs is 1. The van der Waals surface area contributed by atoms with Gasteiger partial charge in [0.25, 0.3) is 0 Å². The Morgan fingerprint density at radius 3 is 2.68 bits per heavy atom. The molecule has 4 rings (SSSR count). The number of nitrogens with one attached hydrogen (secondary N) is 2. The quantitative estimate of drug-likeness (QED) is 0.509. The van der Waals surface area contributed by atoms with Gasteiger partial charge in [-0.15, -0.1) is 0 Å². The Balaban J connectivity index is 1.50. The molecule has 1 fully saturated rings. The molecule has 160 valence electrons. The molecule has 31 heavy (non-hydrogen) atoms. The highest BCUT2D eigenvalue weighted by molar-refractivity contribution is 6.05. The number of anilines is 1. The lowest BCUT2D eigenvalue weighted by molar-refractivity contribution is -0.111. The van der Waals surface area contributed by atoms with E-state index in [1.807, 2.05) is 36.5 Å². The smallest absolute Gasteiger partial charge is 0.249 e. The van der Waals surface area contributed by atoms with Gasteiger partial charge in [0.2, 0.25) is 11.8 Å². The van der Waals surface area contributed by atoms with Gasteiger partial charge in [0, 0.05) is 41.0 Å². The number of carbonyl (C=O) groups is 2. The fourth-order valence-corrected chi connectivity index (χ4v) is 4.23. The molecule has 0 aliphatic carbocycles. The number of hydrogen-bond acceptors (Lipinski definition) is 3. The van der Waals surface area contributed by atoms with Crippen LogP contribution in [0.1, 0.15) is 40.7 Å². The van der Waals surface area contributed by atoms with Crippen LogP contribution < -0.4 is 11.1 Å². The van der Waals surface area contributed by atoms with E-state index in [0.29, 0.717) is 17.7 Å². The van der Waals surface area contributed by atoms with Crippen molar-refractivity contribution in [1.82, 2.24) is 9.88 Å². The molecule has 0 atom stereocenters. The second-order valence-corrected chi connectivity index (χ2v) is 7.96. The summed E-state index contributed by atoms with van der Waals surface area (Å²) in [5, 5.41) is 4.00. The molecular weight excluding hydrogens is 388 g/mol. The van der Waals surface area contributed by atoms with Crippen molar-refractivity contribution in [2.75, 3.05) is 25.0 Å². The zero-order chi connectivity index (χ0) is 21.6. The monoisotopic (exact) mass is 416 g/mol. The summed E-state index contributed by atoms with van der Waals surface area (Å²) < 4.78 is 0. The number of amides is 2. The Bertz CT molecular complexity index is 1110. The maximum Gasteiger partial charge on any atom is 0.249 e. The van der Waals surface area contributed by atoms with E-state index in [1.165, 1.54) is 25.3 Å². The lowest BCUT2D eigenvalue weighted by atomic mass is 10.0. The van der Waals surface area contributed by atoms with Crippen LogP contribution in [0.4, 0.5) is 5.69 Å². The summed E-state index contributed by atoms with van der Waals surface area (Å²) >= 11 is 0. The minimum absolute atomic E-state index is 0.244. The number of hydrogen-bond donors (Lipinski definition) is 3. The largest absolute Gasteiger partial charge is 0.366 e. The van der Waals surface area contributed by atoms with Crippen molar-refractivity contribution in [2.24, 2.45) is 5.73 Å². The van der Waals surface area contributed by atoms with Gasteiger partial charge in [-0.25, -0.2) is 0 Å². The minimum atomic E-state index is -0.473. The van der Waals surface area contributed by atoms with Gasteiger partial charge in [0.15, 0.2) is 0 Å². The summed E-state index contributed by atoms with van der Waals surface area (Å²) in [5.74, 6) is -0.717. The number of nitrogens with zero attached hydrogens (tertiary/aromatic N) is 1. The average Bonchev–Trinajstić information content (AvgIpc) is 3.20. The van der Waals surface area contributed by atoms with E-state index >= 15 is 0 Å². The van der Waals surface area contributed by atoms with Crippen LogP contribution in [0.15, 0.2) is 54.7 Å². The van der Waals surface area contributed by atoms with E-state index in [9.17, 15) is 9.59 Å². The molecule has 1 aliphatic rings. The molecule has 4 N–H and O–H groups in total. The van der Waals surface area contributed by atoms with Crippen molar-refractivity contribution in [3.05, 3.63) is 71.4 Å². The van der Waals surface area contributed by atoms with Crippen LogP contribution >= 0.6 is 0 Å². The van der Waals surface area contributed by atoms with Crippen molar-refractivity contribution in [2.45, 2.75) is 25.7 Å². The lowest BCUT2D eigenvalue weighted by Gasteiger charge is -2.27. The van der Waals surface area contributed by atoms with Gasteiger partial charge in [0.1, 0.15) is 0 Å². The molecule has 2 aromatic carbocycles. The van der Waals surface area contributed by atoms with Crippen molar-refractivity contribution in [3.8, 4) is 0 Å². The van der Waals surface area contributed by atoms with Crippen LogP contribution in [-0.2, 0) is 11.2 Å². The summed E-state index contributed by atoms with van der Waals surface area (Å²) in [6, 6.07) is 13.3. The number of aromatic amines is 1. The number of piperidine rings is 1. The van der Waals surface area contributed by atoms with Gasteiger partial charge in [0.05, 0.1) is 0 Å². The first kappa shape index (κ1) is 20.9. The summed E-state index contributed by atoms with van der Waals surface area (Å²) in [6.45, 7) is 3.00. The Labute approximate surface area is 182 Å². The van der Waals surface area contributed by atoms with Crippen LogP contribution in [0.3, 0.4) is 0 Å². The third-order valence-electron chi connectivity index (χ3n) is 5.86. The van der Waals surface area contributed by atoms with E-state index in [0.717, 1.165) is 41.7 Å². The summed E-state index contributed by atoms with van der Waals surface area (Å²) in [6.07, 6.45) is 9.55. The summed E-state index contributed by atoms with van der Waals surface area (Å²) in [4.78, 5) is 30.2. The van der Waals surface area contributed by atoms with Crippen molar-refractivity contribution in [1.29, 1.82) is 0 Å². The Morgan fingerprint density at radius 1 is 1.06 bits per heavy atom. The normalized spacial score (nSPS) is 14.8. The Kier molecular flexibility index (Phi) is 6.48. The number of rotatable bonds is 7. The van der Waals surface area contributed by atoms with Gasteiger partial charge in [-0.1, -0.05) is 30.7 Å². The summed E-state index contributed by atoms with van der Waals surface area (Å²) in [5.41, 5.74) is 9.50. The van der Waals surface area contributed by atoms with Gasteiger partial charge < -0.3 is 20.9 Å². The van der Waals surface area contributed by atoms with Crippen molar-refractivity contribution in [3.63, 3.8) is 0 Å². The number of aromatic nitrogens is 1. The first-order valence-electron chi connectivity index (χ1n) is 10.8. The lowest BCUT2D eigenvalue weighted by Crippen LogP contribution is -2.32. The Morgan fingerprint density at radius 2 is 1.87 bits per heavy atom. The number of primary amides is 1. The van der Waals surface area contributed by atoms with Gasteiger partial charge in [-0.3, -0.25) is 9.59 Å². The maximum atomic E-state index is 12.6. The fourth-order valence-electron chi connectivity index (χ4n) is 4.23. The third kappa shape index (κ3) is 5.03. The highest BCUT2D eigenvalue weighted by Gasteiger charge is 2.16. The SMILES string of the molecule is NC(=O)c1cccc(NC(=O)C=Cc2c[nH]c3ccccc23)c1CCN1CCCCC1. The molecule has 0 radical (unpaired) electrons. The number of carbonyl (C=O) groups excluding carboxylic acids is 2. The van der Waals surface area contributed by atoms with Gasteiger partial charge in [-0.2, -0.15) is 0 Å². The standard InChI is InChI=1S/C25H28N4O2/c26-25(31)21-8-6-10-23(20(21)13-16-29-14-4-1-5-15-29)28-24(30)12-11-18-17-27-22-9-3-2-7-19(18)22/h2-3,6-12,17,27H,1,4-5,13-16H2,(H2,26,31)(H,28,30). The van der Waals surface area contributed by atoms with Gasteiger partial charge in [-0.05, 0) is 67.8 Å². The molecule has 2 heterocycles. The van der Waals surface area contributed by atoms with Crippen molar-refractivity contribution >= 4 is 34.5 Å². The zero-order valence-corrected chi connectivity index (χ0v) is 17.6. The van der Waals surface area contributed by atoms with E-state index < -0.39 is 5.91 Å². The zero-order valence-electron chi connectivity index (χ0n) is 17.6. The van der Waals surface area contributed by atoms with Crippen LogP contribution in [0, 0.1) is 0 Å². The van der Waals surface area contributed by atoms with E-state index in [4.69, 9.17) is 5.73 Å². The molecule has 6 nitrogen and oxygen atoms in total. The minimum Gasteiger partial charge on any atom is -0.366 e. The van der Waals surface area contributed by atoms with Gasteiger partial charge >= 0.3 is 0 Å². The average molecular weight is 417 g/mol. The van der Waals surface area contributed by atoms with Crippen molar-refractivity contribution < 1.29 is 9.59 Å². The number of nitrogens with two attached hydrogens (primary N) is 1. The van der Waals surface area contributed by atoms with Crippen LogP contribution in [0.2, 0.25) is 0 Å².